The average Bonchev–Trinajstić information content (AvgIpc) is 2.78. The molecule has 0 radical (unpaired) electrons. The number of nitrogens with zero attached hydrogens (tertiary/aromatic N) is 2. The molecule has 1 aliphatic carbocycles. The molecule has 1 aliphatic rings. The summed E-state index contributed by atoms with van der Waals surface area (Å²) in [7, 11) is 0. The molecule has 0 unspecified atom stereocenters. The highest BCUT2D eigenvalue weighted by Crippen LogP contribution is 2.28. The van der Waals surface area contributed by atoms with Crippen LogP contribution in [-0.2, 0) is 0 Å². The van der Waals surface area contributed by atoms with Crippen molar-refractivity contribution in [1.82, 2.24) is 10.2 Å². The normalized spacial score (nSPS) is 16.6. The first-order valence-corrected chi connectivity index (χ1v) is 7.96. The maximum atomic E-state index is 5.56. The van der Waals surface area contributed by atoms with Crippen LogP contribution in [0.1, 0.15) is 44.4 Å². The molecule has 4 nitrogen and oxygen atoms in total. The Morgan fingerprint density at radius 3 is 2.57 bits per heavy atom. The second-order valence-electron chi connectivity index (χ2n) is 5.91. The van der Waals surface area contributed by atoms with Gasteiger partial charge < -0.3 is 9.73 Å². The van der Waals surface area contributed by atoms with Gasteiger partial charge in [-0.1, -0.05) is 37.8 Å². The average molecular weight is 285 g/mol. The van der Waals surface area contributed by atoms with E-state index in [-0.39, 0.29) is 0 Å². The Bertz CT molecular complexity index is 571. The monoisotopic (exact) mass is 285 g/mol. The zero-order chi connectivity index (χ0) is 14.5. The van der Waals surface area contributed by atoms with Crippen LogP contribution in [0.4, 0.5) is 5.69 Å². The quantitative estimate of drug-likeness (QED) is 0.844. The van der Waals surface area contributed by atoms with Crippen LogP contribution >= 0.6 is 0 Å². The SMILES string of the molecule is Cc1nnc(-c2ccccc2NCC2CCCCCC2)o1. The maximum Gasteiger partial charge on any atom is 0.249 e. The van der Waals surface area contributed by atoms with Crippen LogP contribution in [0.2, 0.25) is 0 Å². The molecule has 1 fully saturated rings. The molecular formula is C17H23N3O. The van der Waals surface area contributed by atoms with Crippen molar-refractivity contribution in [3.63, 3.8) is 0 Å². The summed E-state index contributed by atoms with van der Waals surface area (Å²) in [6.07, 6.45) is 8.22. The minimum absolute atomic E-state index is 0.594. The number of nitrogens with one attached hydrogen (secondary N) is 1. The van der Waals surface area contributed by atoms with Gasteiger partial charge in [0.25, 0.3) is 0 Å². The van der Waals surface area contributed by atoms with Crippen molar-refractivity contribution in [3.05, 3.63) is 30.2 Å². The lowest BCUT2D eigenvalue weighted by atomic mass is 10.00. The molecule has 1 aromatic heterocycles. The Balaban J connectivity index is 1.70. The van der Waals surface area contributed by atoms with Gasteiger partial charge in [-0.3, -0.25) is 0 Å². The summed E-state index contributed by atoms with van der Waals surface area (Å²) in [5, 5.41) is 11.6. The van der Waals surface area contributed by atoms with Gasteiger partial charge in [-0.15, -0.1) is 10.2 Å². The molecule has 0 saturated heterocycles. The Morgan fingerprint density at radius 1 is 1.10 bits per heavy atom. The smallest absolute Gasteiger partial charge is 0.249 e. The van der Waals surface area contributed by atoms with E-state index in [2.05, 4.69) is 21.6 Å². The van der Waals surface area contributed by atoms with E-state index in [0.717, 1.165) is 23.7 Å². The number of rotatable bonds is 4. The summed E-state index contributed by atoms with van der Waals surface area (Å²) in [6, 6.07) is 8.17. The van der Waals surface area contributed by atoms with Crippen molar-refractivity contribution in [2.24, 2.45) is 5.92 Å². The van der Waals surface area contributed by atoms with E-state index >= 15 is 0 Å². The van der Waals surface area contributed by atoms with Crippen molar-refractivity contribution in [2.45, 2.75) is 45.4 Å². The standard InChI is InChI=1S/C17H23N3O/c1-13-19-20-17(21-13)15-10-6-7-11-16(15)18-12-14-8-4-2-3-5-9-14/h6-7,10-11,14,18H,2-5,8-9,12H2,1H3. The van der Waals surface area contributed by atoms with Gasteiger partial charge in [0.05, 0.1) is 5.56 Å². The summed E-state index contributed by atoms with van der Waals surface area (Å²) in [4.78, 5) is 0. The van der Waals surface area contributed by atoms with Crippen LogP contribution in [0.3, 0.4) is 0 Å². The largest absolute Gasteiger partial charge is 0.421 e. The van der Waals surface area contributed by atoms with Crippen LogP contribution in [0.5, 0.6) is 0 Å². The lowest BCUT2D eigenvalue weighted by molar-refractivity contribution is 0.483. The number of aryl methyl sites for hydroxylation is 1. The van der Waals surface area contributed by atoms with E-state index < -0.39 is 0 Å². The van der Waals surface area contributed by atoms with Gasteiger partial charge in [0, 0.05) is 19.2 Å². The molecule has 0 atom stereocenters. The van der Waals surface area contributed by atoms with E-state index in [1.54, 1.807) is 0 Å². The minimum Gasteiger partial charge on any atom is -0.421 e. The van der Waals surface area contributed by atoms with Crippen LogP contribution in [0, 0.1) is 12.8 Å². The third-order valence-electron chi connectivity index (χ3n) is 4.24. The van der Waals surface area contributed by atoms with E-state index in [1.165, 1.54) is 38.5 Å². The first kappa shape index (κ1) is 14.1. The number of hydrogen-bond acceptors (Lipinski definition) is 4. The molecule has 0 bridgehead atoms. The minimum atomic E-state index is 0.594. The van der Waals surface area contributed by atoms with Gasteiger partial charge in [-0.05, 0) is 30.9 Å². The molecule has 4 heteroatoms. The van der Waals surface area contributed by atoms with Gasteiger partial charge in [0.1, 0.15) is 0 Å². The zero-order valence-electron chi connectivity index (χ0n) is 12.6. The van der Waals surface area contributed by atoms with Crippen LogP contribution in [0.25, 0.3) is 11.5 Å². The first-order valence-electron chi connectivity index (χ1n) is 7.96. The molecule has 2 aromatic rings. The zero-order valence-corrected chi connectivity index (χ0v) is 12.6. The molecule has 0 amide bonds. The second-order valence-corrected chi connectivity index (χ2v) is 5.91. The summed E-state index contributed by atoms with van der Waals surface area (Å²) in [6.45, 7) is 2.85. The molecule has 1 N–H and O–H groups in total. The summed E-state index contributed by atoms with van der Waals surface area (Å²) < 4.78 is 5.56. The molecular weight excluding hydrogens is 262 g/mol. The van der Waals surface area contributed by atoms with Crippen molar-refractivity contribution in [1.29, 1.82) is 0 Å². The molecule has 3 rings (SSSR count). The predicted octanol–water partition coefficient (Wildman–Crippen LogP) is 4.43. The number of hydrogen-bond donors (Lipinski definition) is 1. The fraction of sp³-hybridized carbons (Fsp3) is 0.529. The van der Waals surface area contributed by atoms with Crippen molar-refractivity contribution in [2.75, 3.05) is 11.9 Å². The molecule has 112 valence electrons. The Kier molecular flexibility index (Phi) is 4.53. The summed E-state index contributed by atoms with van der Waals surface area (Å²) in [5.41, 5.74) is 2.08. The lowest BCUT2D eigenvalue weighted by Gasteiger charge is -2.17. The van der Waals surface area contributed by atoms with E-state index in [1.807, 2.05) is 25.1 Å². The van der Waals surface area contributed by atoms with Gasteiger partial charge in [-0.25, -0.2) is 0 Å². The fourth-order valence-electron chi connectivity index (χ4n) is 3.05. The van der Waals surface area contributed by atoms with Gasteiger partial charge in [0.15, 0.2) is 0 Å². The molecule has 1 aromatic carbocycles. The first-order chi connectivity index (χ1) is 10.3. The molecule has 1 heterocycles. The van der Waals surface area contributed by atoms with Crippen molar-refractivity contribution >= 4 is 5.69 Å². The Labute approximate surface area is 126 Å². The van der Waals surface area contributed by atoms with Crippen LogP contribution in [-0.4, -0.2) is 16.7 Å². The van der Waals surface area contributed by atoms with Gasteiger partial charge >= 0.3 is 0 Å². The van der Waals surface area contributed by atoms with Crippen LogP contribution in [0.15, 0.2) is 28.7 Å². The van der Waals surface area contributed by atoms with Crippen molar-refractivity contribution < 1.29 is 4.42 Å². The summed E-state index contributed by atoms with van der Waals surface area (Å²) >= 11 is 0. The maximum absolute atomic E-state index is 5.56. The Hall–Kier alpha value is -1.84. The molecule has 0 spiro atoms. The Morgan fingerprint density at radius 2 is 1.86 bits per heavy atom. The topological polar surface area (TPSA) is 51.0 Å². The lowest BCUT2D eigenvalue weighted by Crippen LogP contribution is -2.14. The van der Waals surface area contributed by atoms with Crippen LogP contribution < -0.4 is 5.32 Å². The number of aromatic nitrogens is 2. The number of anilines is 1. The van der Waals surface area contributed by atoms with Crippen molar-refractivity contribution in [3.8, 4) is 11.5 Å². The highest BCUT2D eigenvalue weighted by Gasteiger charge is 2.14. The molecule has 1 saturated carbocycles. The third-order valence-corrected chi connectivity index (χ3v) is 4.24. The highest BCUT2D eigenvalue weighted by atomic mass is 16.4. The van der Waals surface area contributed by atoms with Gasteiger partial charge in [0.2, 0.25) is 11.8 Å². The number of benzene rings is 1. The fourth-order valence-corrected chi connectivity index (χ4v) is 3.05. The molecule has 21 heavy (non-hydrogen) atoms. The third kappa shape index (κ3) is 3.63. The van der Waals surface area contributed by atoms with Gasteiger partial charge in [-0.2, -0.15) is 0 Å². The van der Waals surface area contributed by atoms with E-state index in [9.17, 15) is 0 Å². The predicted molar refractivity (Wildman–Crippen MR) is 84.2 cm³/mol. The second kappa shape index (κ2) is 6.74. The number of para-hydroxylation sites is 1. The summed E-state index contributed by atoms with van der Waals surface area (Å²) in [5.74, 6) is 1.98. The van der Waals surface area contributed by atoms with E-state index in [0.29, 0.717) is 11.8 Å². The van der Waals surface area contributed by atoms with E-state index in [4.69, 9.17) is 4.42 Å². The highest BCUT2D eigenvalue weighted by molar-refractivity contribution is 5.72. The molecule has 0 aliphatic heterocycles.